The van der Waals surface area contributed by atoms with Crippen molar-refractivity contribution in [3.8, 4) is 0 Å². The van der Waals surface area contributed by atoms with Crippen molar-refractivity contribution < 1.29 is 4.74 Å². The molecule has 0 unspecified atom stereocenters. The van der Waals surface area contributed by atoms with Crippen LogP contribution in [0.2, 0.25) is 0 Å². The molecule has 3 heterocycles. The highest BCUT2D eigenvalue weighted by atomic mass is 79.9. The second-order valence-electron chi connectivity index (χ2n) is 4.80. The van der Waals surface area contributed by atoms with Gasteiger partial charge in [0.05, 0.1) is 28.1 Å². The van der Waals surface area contributed by atoms with Crippen LogP contribution in [-0.4, -0.2) is 33.0 Å². The summed E-state index contributed by atoms with van der Waals surface area (Å²) in [5.41, 5.74) is 1.80. The van der Waals surface area contributed by atoms with Crippen LogP contribution in [0.25, 0.3) is 0 Å². The lowest BCUT2D eigenvalue weighted by Crippen LogP contribution is -2.19. The summed E-state index contributed by atoms with van der Waals surface area (Å²) >= 11 is 3.39. The first-order valence-electron chi connectivity index (χ1n) is 6.60. The summed E-state index contributed by atoms with van der Waals surface area (Å²) in [4.78, 5) is 8.59. The zero-order chi connectivity index (χ0) is 13.9. The summed E-state index contributed by atoms with van der Waals surface area (Å²) in [5, 5.41) is 7.58. The Labute approximate surface area is 125 Å². The molecular formula is C13H16BrN5O. The topological polar surface area (TPSA) is 64.9 Å². The number of hydrogen-bond acceptors (Lipinski definition) is 5. The lowest BCUT2D eigenvalue weighted by molar-refractivity contribution is 0.0662. The van der Waals surface area contributed by atoms with Gasteiger partial charge in [-0.15, -0.1) is 0 Å². The molecule has 0 aliphatic carbocycles. The third kappa shape index (κ3) is 2.99. The van der Waals surface area contributed by atoms with Gasteiger partial charge in [-0.1, -0.05) is 0 Å². The number of hydrogen-bond donors (Lipinski definition) is 1. The second-order valence-corrected chi connectivity index (χ2v) is 5.66. The van der Waals surface area contributed by atoms with E-state index in [4.69, 9.17) is 4.74 Å². The van der Waals surface area contributed by atoms with E-state index in [2.05, 4.69) is 36.3 Å². The van der Waals surface area contributed by atoms with E-state index in [1.54, 1.807) is 12.4 Å². The van der Waals surface area contributed by atoms with Gasteiger partial charge in [-0.3, -0.25) is 4.68 Å². The number of ether oxygens (including phenoxy) is 1. The summed E-state index contributed by atoms with van der Waals surface area (Å²) in [5.74, 6) is 0.581. The van der Waals surface area contributed by atoms with Crippen LogP contribution < -0.4 is 5.32 Å². The van der Waals surface area contributed by atoms with Gasteiger partial charge in [-0.2, -0.15) is 5.10 Å². The molecule has 7 heteroatoms. The molecule has 2 aromatic rings. The number of aryl methyl sites for hydroxylation is 1. The average Bonchev–Trinajstić information content (AvgIpc) is 2.92. The molecule has 1 aliphatic heterocycles. The summed E-state index contributed by atoms with van der Waals surface area (Å²) in [6, 6.07) is 0.423. The molecule has 1 aliphatic rings. The molecule has 0 atom stereocenters. The van der Waals surface area contributed by atoms with E-state index in [1.165, 1.54) is 0 Å². The van der Waals surface area contributed by atoms with E-state index in [0.717, 1.165) is 41.9 Å². The van der Waals surface area contributed by atoms with Gasteiger partial charge in [-0.05, 0) is 35.7 Å². The molecule has 2 aromatic heterocycles. The van der Waals surface area contributed by atoms with Crippen molar-refractivity contribution in [2.45, 2.75) is 25.8 Å². The third-order valence-corrected chi connectivity index (χ3v) is 4.12. The molecule has 20 heavy (non-hydrogen) atoms. The van der Waals surface area contributed by atoms with Crippen LogP contribution in [0.5, 0.6) is 0 Å². The van der Waals surface area contributed by atoms with Crippen molar-refractivity contribution in [3.63, 3.8) is 0 Å². The maximum absolute atomic E-state index is 5.37. The van der Waals surface area contributed by atoms with Crippen LogP contribution in [-0.2, 0) is 4.74 Å². The van der Waals surface area contributed by atoms with E-state index in [1.807, 2.05) is 17.8 Å². The Balaban J connectivity index is 1.71. The molecule has 0 amide bonds. The number of nitrogens with zero attached hydrogens (tertiary/aromatic N) is 4. The van der Waals surface area contributed by atoms with Crippen molar-refractivity contribution in [3.05, 3.63) is 28.8 Å². The number of halogens is 1. The largest absolute Gasteiger partial charge is 0.381 e. The van der Waals surface area contributed by atoms with E-state index in [9.17, 15) is 0 Å². The minimum absolute atomic E-state index is 0.423. The number of nitrogens with one attached hydrogen (secondary N) is 1. The molecule has 0 spiro atoms. The van der Waals surface area contributed by atoms with E-state index < -0.39 is 0 Å². The Morgan fingerprint density at radius 3 is 2.90 bits per heavy atom. The summed E-state index contributed by atoms with van der Waals surface area (Å²) in [6.45, 7) is 3.55. The quantitative estimate of drug-likeness (QED) is 0.932. The highest BCUT2D eigenvalue weighted by molar-refractivity contribution is 9.10. The highest BCUT2D eigenvalue weighted by Gasteiger charge is 2.16. The second kappa shape index (κ2) is 5.88. The van der Waals surface area contributed by atoms with E-state index in [0.29, 0.717) is 12.0 Å². The molecule has 0 radical (unpaired) electrons. The van der Waals surface area contributed by atoms with Crippen LogP contribution >= 0.6 is 15.9 Å². The first-order chi connectivity index (χ1) is 9.72. The monoisotopic (exact) mass is 337 g/mol. The van der Waals surface area contributed by atoms with Crippen LogP contribution in [0.4, 0.5) is 11.6 Å². The Hall–Kier alpha value is -1.47. The fraction of sp³-hybridized carbons (Fsp3) is 0.462. The van der Waals surface area contributed by atoms with Gasteiger partial charge in [0.2, 0.25) is 5.95 Å². The Bertz CT molecular complexity index is 594. The molecule has 6 nitrogen and oxygen atoms in total. The lowest BCUT2D eigenvalue weighted by Gasteiger charge is -2.22. The first kappa shape index (κ1) is 13.5. The fourth-order valence-electron chi connectivity index (χ4n) is 2.19. The van der Waals surface area contributed by atoms with E-state index in [-0.39, 0.29) is 0 Å². The van der Waals surface area contributed by atoms with Crippen molar-refractivity contribution >= 4 is 27.6 Å². The maximum atomic E-state index is 5.37. The molecule has 0 bridgehead atoms. The number of aromatic nitrogens is 4. The molecule has 3 rings (SSSR count). The van der Waals surface area contributed by atoms with Gasteiger partial charge in [0.25, 0.3) is 0 Å². The predicted octanol–water partition coefficient (Wildman–Crippen LogP) is 2.84. The van der Waals surface area contributed by atoms with E-state index >= 15 is 0 Å². The predicted molar refractivity (Wildman–Crippen MR) is 79.1 cm³/mol. The van der Waals surface area contributed by atoms with Crippen LogP contribution in [0, 0.1) is 6.92 Å². The Morgan fingerprint density at radius 1 is 1.35 bits per heavy atom. The molecular weight excluding hydrogens is 322 g/mol. The molecule has 1 fully saturated rings. The van der Waals surface area contributed by atoms with Crippen LogP contribution in [0.15, 0.2) is 23.1 Å². The van der Waals surface area contributed by atoms with Gasteiger partial charge in [0.15, 0.2) is 0 Å². The zero-order valence-corrected chi connectivity index (χ0v) is 12.8. The summed E-state index contributed by atoms with van der Waals surface area (Å²) in [6.07, 6.45) is 7.56. The molecule has 106 valence electrons. The maximum Gasteiger partial charge on any atom is 0.227 e. The third-order valence-electron chi connectivity index (χ3n) is 3.34. The summed E-state index contributed by atoms with van der Waals surface area (Å²) in [7, 11) is 0. The van der Waals surface area contributed by atoms with Crippen molar-refractivity contribution in [1.29, 1.82) is 0 Å². The lowest BCUT2D eigenvalue weighted by atomic mass is 10.1. The molecule has 0 aromatic carbocycles. The summed E-state index contributed by atoms with van der Waals surface area (Å²) < 4.78 is 8.27. The minimum atomic E-state index is 0.423. The standard InChI is InChI=1S/C13H16BrN5O/c1-9-12(14)7-15-13(17-9)18-10-6-16-19(8-10)11-2-4-20-5-3-11/h6-8,11H,2-5H2,1H3,(H,15,17,18). The Kier molecular flexibility index (Phi) is 3.98. The van der Waals surface area contributed by atoms with Gasteiger partial charge in [0, 0.05) is 25.6 Å². The highest BCUT2D eigenvalue weighted by Crippen LogP contribution is 2.22. The van der Waals surface area contributed by atoms with Crippen molar-refractivity contribution in [2.75, 3.05) is 18.5 Å². The normalized spacial score (nSPS) is 16.3. The SMILES string of the molecule is Cc1nc(Nc2cnn(C3CCOCC3)c2)ncc1Br. The van der Waals surface area contributed by atoms with Crippen molar-refractivity contribution in [1.82, 2.24) is 19.7 Å². The molecule has 1 N–H and O–H groups in total. The van der Waals surface area contributed by atoms with Gasteiger partial charge >= 0.3 is 0 Å². The zero-order valence-electron chi connectivity index (χ0n) is 11.2. The van der Waals surface area contributed by atoms with Crippen LogP contribution in [0.3, 0.4) is 0 Å². The van der Waals surface area contributed by atoms with Crippen molar-refractivity contribution in [2.24, 2.45) is 0 Å². The molecule has 1 saturated heterocycles. The fourth-order valence-corrected chi connectivity index (χ4v) is 2.38. The number of anilines is 2. The van der Waals surface area contributed by atoms with Gasteiger partial charge in [-0.25, -0.2) is 9.97 Å². The minimum Gasteiger partial charge on any atom is -0.381 e. The Morgan fingerprint density at radius 2 is 2.15 bits per heavy atom. The number of rotatable bonds is 3. The first-order valence-corrected chi connectivity index (χ1v) is 7.40. The van der Waals surface area contributed by atoms with Gasteiger partial charge < -0.3 is 10.1 Å². The molecule has 0 saturated carbocycles. The smallest absolute Gasteiger partial charge is 0.227 e. The van der Waals surface area contributed by atoms with Gasteiger partial charge in [0.1, 0.15) is 0 Å². The average molecular weight is 338 g/mol. The van der Waals surface area contributed by atoms with Crippen LogP contribution in [0.1, 0.15) is 24.6 Å².